The van der Waals surface area contributed by atoms with E-state index in [4.69, 9.17) is 4.42 Å². The standard InChI is InChI=1S/C19H15FN4O3S/c1-10-16-14(12(9-25)8-21-10)6-15(18(26)27-16)17-23-24-19(28-17)22-7-11-2-4-13(20)5-3-11/h2-6,8,25H,7,9H2,1H3,(H,22,24). The molecule has 0 unspecified atom stereocenters. The Kier molecular flexibility index (Phi) is 4.84. The molecule has 7 nitrogen and oxygen atoms in total. The molecule has 0 radical (unpaired) electrons. The summed E-state index contributed by atoms with van der Waals surface area (Å²) < 4.78 is 18.4. The lowest BCUT2D eigenvalue weighted by Crippen LogP contribution is -2.05. The van der Waals surface area contributed by atoms with Crippen molar-refractivity contribution in [2.24, 2.45) is 0 Å². The molecule has 2 N–H and O–H groups in total. The minimum absolute atomic E-state index is 0.225. The summed E-state index contributed by atoms with van der Waals surface area (Å²) in [5.74, 6) is -0.294. The highest BCUT2D eigenvalue weighted by atomic mass is 32.1. The quantitative estimate of drug-likeness (QED) is 0.532. The number of aliphatic hydroxyl groups is 1. The van der Waals surface area contributed by atoms with Crippen LogP contribution in [0.3, 0.4) is 0 Å². The van der Waals surface area contributed by atoms with Gasteiger partial charge in [-0.25, -0.2) is 9.18 Å². The summed E-state index contributed by atoms with van der Waals surface area (Å²) in [7, 11) is 0. The van der Waals surface area contributed by atoms with Gasteiger partial charge in [0.1, 0.15) is 5.82 Å². The maximum absolute atomic E-state index is 13.0. The fourth-order valence-corrected chi connectivity index (χ4v) is 3.48. The summed E-state index contributed by atoms with van der Waals surface area (Å²) >= 11 is 1.20. The number of nitrogens with one attached hydrogen (secondary N) is 1. The zero-order valence-corrected chi connectivity index (χ0v) is 15.6. The summed E-state index contributed by atoms with van der Waals surface area (Å²) in [5, 5.41) is 22.3. The Bertz CT molecular complexity index is 1200. The molecule has 0 aliphatic rings. The average molecular weight is 398 g/mol. The molecule has 1 aromatic carbocycles. The number of aliphatic hydroxyl groups excluding tert-OH is 1. The number of rotatable bonds is 5. The predicted molar refractivity (Wildman–Crippen MR) is 104 cm³/mol. The first-order valence-corrected chi connectivity index (χ1v) is 9.22. The van der Waals surface area contributed by atoms with Crippen LogP contribution >= 0.6 is 11.3 Å². The first-order chi connectivity index (χ1) is 13.5. The van der Waals surface area contributed by atoms with Crippen molar-refractivity contribution in [3.05, 3.63) is 69.6 Å². The molecule has 0 spiro atoms. The van der Waals surface area contributed by atoms with Crippen LogP contribution in [0.1, 0.15) is 16.8 Å². The van der Waals surface area contributed by atoms with Crippen LogP contribution in [0.2, 0.25) is 0 Å². The Labute approximate surface area is 162 Å². The largest absolute Gasteiger partial charge is 0.420 e. The Morgan fingerprint density at radius 2 is 2.04 bits per heavy atom. The minimum atomic E-state index is -0.547. The number of anilines is 1. The molecule has 3 heterocycles. The van der Waals surface area contributed by atoms with Gasteiger partial charge in [-0.15, -0.1) is 10.2 Å². The average Bonchev–Trinajstić information content (AvgIpc) is 3.17. The van der Waals surface area contributed by atoms with Crippen molar-refractivity contribution in [3.63, 3.8) is 0 Å². The van der Waals surface area contributed by atoms with E-state index in [-0.39, 0.29) is 18.0 Å². The van der Waals surface area contributed by atoms with Crippen molar-refractivity contribution >= 4 is 27.4 Å². The van der Waals surface area contributed by atoms with Crippen LogP contribution in [-0.2, 0) is 13.2 Å². The number of benzene rings is 1. The fraction of sp³-hybridized carbons (Fsp3) is 0.158. The van der Waals surface area contributed by atoms with Gasteiger partial charge in [0.05, 0.1) is 17.9 Å². The highest BCUT2D eigenvalue weighted by Crippen LogP contribution is 2.28. The SMILES string of the molecule is Cc1ncc(CO)c2cc(-c3nnc(NCc4ccc(F)cc4)s3)c(=O)oc12. The van der Waals surface area contributed by atoms with Gasteiger partial charge in [-0.3, -0.25) is 4.98 Å². The van der Waals surface area contributed by atoms with Gasteiger partial charge in [0.25, 0.3) is 0 Å². The van der Waals surface area contributed by atoms with E-state index >= 15 is 0 Å². The van der Waals surface area contributed by atoms with Gasteiger partial charge < -0.3 is 14.8 Å². The monoisotopic (exact) mass is 398 g/mol. The molecule has 4 rings (SSSR count). The van der Waals surface area contributed by atoms with Crippen molar-refractivity contribution in [1.82, 2.24) is 15.2 Å². The van der Waals surface area contributed by atoms with Crippen LogP contribution in [0.15, 0.2) is 45.7 Å². The molecule has 9 heteroatoms. The van der Waals surface area contributed by atoms with Crippen LogP contribution < -0.4 is 10.9 Å². The molecular formula is C19H15FN4O3S. The van der Waals surface area contributed by atoms with Crippen molar-refractivity contribution < 1.29 is 13.9 Å². The number of hydrogen-bond acceptors (Lipinski definition) is 8. The minimum Gasteiger partial charge on any atom is -0.420 e. The third kappa shape index (κ3) is 3.49. The molecular weight excluding hydrogens is 383 g/mol. The van der Waals surface area contributed by atoms with Crippen molar-refractivity contribution in [3.8, 4) is 10.6 Å². The van der Waals surface area contributed by atoms with Crippen LogP contribution in [0.25, 0.3) is 21.5 Å². The van der Waals surface area contributed by atoms with E-state index in [1.807, 2.05) is 0 Å². The van der Waals surface area contributed by atoms with Crippen molar-refractivity contribution in [2.75, 3.05) is 5.32 Å². The van der Waals surface area contributed by atoms with Gasteiger partial charge in [0.2, 0.25) is 5.13 Å². The number of hydrogen-bond donors (Lipinski definition) is 2. The molecule has 4 aromatic rings. The van der Waals surface area contributed by atoms with Crippen LogP contribution in [-0.4, -0.2) is 20.3 Å². The number of nitrogens with zero attached hydrogens (tertiary/aromatic N) is 3. The molecule has 0 saturated heterocycles. The number of fused-ring (bicyclic) bond motifs is 1. The first kappa shape index (κ1) is 18.2. The Hall–Kier alpha value is -3.17. The third-order valence-electron chi connectivity index (χ3n) is 4.22. The molecule has 0 amide bonds. The van der Waals surface area contributed by atoms with E-state index in [1.165, 1.54) is 23.5 Å². The molecule has 0 aliphatic heterocycles. The second-order valence-corrected chi connectivity index (χ2v) is 7.09. The Morgan fingerprint density at radius 3 is 2.79 bits per heavy atom. The molecule has 142 valence electrons. The topological polar surface area (TPSA) is 101 Å². The van der Waals surface area contributed by atoms with E-state index < -0.39 is 5.63 Å². The Balaban J connectivity index is 1.64. The normalized spacial score (nSPS) is 11.1. The summed E-state index contributed by atoms with van der Waals surface area (Å²) in [6.45, 7) is 1.95. The van der Waals surface area contributed by atoms with Crippen molar-refractivity contribution in [1.29, 1.82) is 0 Å². The number of pyridine rings is 1. The Morgan fingerprint density at radius 1 is 1.25 bits per heavy atom. The molecule has 0 atom stereocenters. The fourth-order valence-electron chi connectivity index (χ4n) is 2.74. The lowest BCUT2D eigenvalue weighted by atomic mass is 10.1. The van der Waals surface area contributed by atoms with Crippen LogP contribution in [0.5, 0.6) is 0 Å². The number of aryl methyl sites for hydroxylation is 1. The number of aromatic nitrogens is 3. The summed E-state index contributed by atoms with van der Waals surface area (Å²) in [5.41, 5.74) is 2.08. The molecule has 0 saturated carbocycles. The maximum Gasteiger partial charge on any atom is 0.346 e. The second kappa shape index (κ2) is 7.45. The zero-order chi connectivity index (χ0) is 19.7. The molecule has 3 aromatic heterocycles. The predicted octanol–water partition coefficient (Wildman–Crippen LogP) is 3.26. The second-order valence-electron chi connectivity index (χ2n) is 6.11. The van der Waals surface area contributed by atoms with E-state index in [0.717, 1.165) is 5.56 Å². The molecule has 0 bridgehead atoms. The third-order valence-corrected chi connectivity index (χ3v) is 5.13. The maximum atomic E-state index is 13.0. The summed E-state index contributed by atoms with van der Waals surface area (Å²) in [6, 6.07) is 7.77. The first-order valence-electron chi connectivity index (χ1n) is 8.40. The van der Waals surface area contributed by atoms with Gasteiger partial charge in [-0.2, -0.15) is 0 Å². The lowest BCUT2D eigenvalue weighted by Gasteiger charge is -2.05. The van der Waals surface area contributed by atoms with Gasteiger partial charge in [-0.1, -0.05) is 23.5 Å². The summed E-state index contributed by atoms with van der Waals surface area (Å²) in [4.78, 5) is 16.6. The zero-order valence-electron chi connectivity index (χ0n) is 14.8. The highest BCUT2D eigenvalue weighted by Gasteiger charge is 2.16. The number of halogens is 1. The summed E-state index contributed by atoms with van der Waals surface area (Å²) in [6.07, 6.45) is 1.55. The van der Waals surface area contributed by atoms with Crippen LogP contribution in [0, 0.1) is 12.7 Å². The van der Waals surface area contributed by atoms with E-state index in [2.05, 4.69) is 20.5 Å². The van der Waals surface area contributed by atoms with E-state index in [9.17, 15) is 14.3 Å². The smallest absolute Gasteiger partial charge is 0.346 e. The van der Waals surface area contributed by atoms with E-state index in [0.29, 0.717) is 38.9 Å². The van der Waals surface area contributed by atoms with Crippen LogP contribution in [0.4, 0.5) is 9.52 Å². The van der Waals surface area contributed by atoms with Gasteiger partial charge >= 0.3 is 5.63 Å². The molecule has 0 fully saturated rings. The molecule has 28 heavy (non-hydrogen) atoms. The van der Waals surface area contributed by atoms with Gasteiger partial charge in [0.15, 0.2) is 10.6 Å². The molecule has 0 aliphatic carbocycles. The van der Waals surface area contributed by atoms with Crippen molar-refractivity contribution in [2.45, 2.75) is 20.1 Å². The highest BCUT2D eigenvalue weighted by molar-refractivity contribution is 7.18. The van der Waals surface area contributed by atoms with Gasteiger partial charge in [0, 0.05) is 23.7 Å². The van der Waals surface area contributed by atoms with Gasteiger partial charge in [-0.05, 0) is 30.7 Å². The lowest BCUT2D eigenvalue weighted by molar-refractivity contribution is 0.282. The van der Waals surface area contributed by atoms with E-state index in [1.54, 1.807) is 31.3 Å².